The third-order valence-corrected chi connectivity index (χ3v) is 7.73. The first-order valence-electron chi connectivity index (χ1n) is 13.8. The molecule has 210 valence electrons. The average molecular weight is 545 g/mol. The number of nitrogen functional groups attached to an aromatic ring is 1. The van der Waals surface area contributed by atoms with E-state index in [1.54, 1.807) is 18.9 Å². The van der Waals surface area contributed by atoms with E-state index >= 15 is 0 Å². The van der Waals surface area contributed by atoms with E-state index in [-0.39, 0.29) is 0 Å². The highest BCUT2D eigenvalue weighted by atomic mass is 16.5. The Morgan fingerprint density at radius 1 is 0.775 bits per heavy atom. The van der Waals surface area contributed by atoms with Crippen molar-refractivity contribution in [3.63, 3.8) is 0 Å². The minimum absolute atomic E-state index is 0.491. The zero-order valence-electron chi connectivity index (χ0n) is 23.1. The van der Waals surface area contributed by atoms with Crippen LogP contribution in [0.5, 0.6) is 11.5 Å². The van der Waals surface area contributed by atoms with Crippen molar-refractivity contribution >= 4 is 22.8 Å². The van der Waals surface area contributed by atoms with Gasteiger partial charge in [0.2, 0.25) is 5.95 Å². The van der Waals surface area contributed by atoms with Crippen LogP contribution in [-0.4, -0.2) is 109 Å². The minimum Gasteiger partial charge on any atom is -0.497 e. The van der Waals surface area contributed by atoms with Crippen LogP contribution in [0.1, 0.15) is 0 Å². The minimum atomic E-state index is 0.491. The normalized spacial score (nSPS) is 16.9. The van der Waals surface area contributed by atoms with Gasteiger partial charge in [-0.25, -0.2) is 9.67 Å². The number of anilines is 2. The monoisotopic (exact) mass is 544 g/mol. The third-order valence-electron chi connectivity index (χ3n) is 7.73. The summed E-state index contributed by atoms with van der Waals surface area (Å²) in [4.78, 5) is 17.2. The van der Waals surface area contributed by atoms with E-state index in [0.717, 1.165) is 99.4 Å². The molecule has 2 aromatic heterocycles. The number of aromatic nitrogens is 4. The van der Waals surface area contributed by atoms with Gasteiger partial charge in [-0.2, -0.15) is 4.98 Å². The Bertz CT molecular complexity index is 1430. The first-order chi connectivity index (χ1) is 19.6. The second-order valence-corrected chi connectivity index (χ2v) is 10.1. The molecule has 40 heavy (non-hydrogen) atoms. The molecule has 0 amide bonds. The number of ether oxygens (including phenoxy) is 3. The Balaban J connectivity index is 1.29. The quantitative estimate of drug-likeness (QED) is 0.356. The van der Waals surface area contributed by atoms with Crippen LogP contribution >= 0.6 is 0 Å². The molecule has 2 aromatic carbocycles. The number of nitrogens with zero attached hydrogens (tertiary/aromatic N) is 7. The van der Waals surface area contributed by atoms with Crippen molar-refractivity contribution in [2.75, 3.05) is 90.4 Å². The topological polar surface area (TPSA) is 107 Å². The van der Waals surface area contributed by atoms with E-state index in [2.05, 4.69) is 14.7 Å². The van der Waals surface area contributed by atoms with Gasteiger partial charge in [0.25, 0.3) is 0 Å². The van der Waals surface area contributed by atoms with E-state index in [1.165, 1.54) is 0 Å². The first-order valence-corrected chi connectivity index (χ1v) is 13.8. The molecule has 11 nitrogen and oxygen atoms in total. The van der Waals surface area contributed by atoms with Crippen molar-refractivity contribution in [2.45, 2.75) is 0 Å². The van der Waals surface area contributed by atoms with Crippen LogP contribution in [0.2, 0.25) is 0 Å². The zero-order chi connectivity index (χ0) is 27.5. The molecule has 0 spiro atoms. The summed E-state index contributed by atoms with van der Waals surface area (Å²) in [5.41, 5.74) is 9.79. The summed E-state index contributed by atoms with van der Waals surface area (Å²) in [6.45, 7) is 9.49. The second kappa shape index (κ2) is 11.7. The molecule has 11 heteroatoms. The maximum absolute atomic E-state index is 6.71. The summed E-state index contributed by atoms with van der Waals surface area (Å²) < 4.78 is 17.9. The van der Waals surface area contributed by atoms with Gasteiger partial charge in [0.15, 0.2) is 5.65 Å². The van der Waals surface area contributed by atoms with Gasteiger partial charge in [-0.1, -0.05) is 0 Å². The molecular formula is C29H36N8O3. The summed E-state index contributed by atoms with van der Waals surface area (Å²) in [6, 6.07) is 15.5. The summed E-state index contributed by atoms with van der Waals surface area (Å²) in [7, 11) is 3.31. The van der Waals surface area contributed by atoms with Gasteiger partial charge < -0.3 is 24.8 Å². The summed E-state index contributed by atoms with van der Waals surface area (Å²) in [5, 5.41) is 5.56. The van der Waals surface area contributed by atoms with Crippen LogP contribution in [0.15, 0.2) is 48.5 Å². The standard InChI is InChI=1S/C29H36N8O3/c1-38-23-7-3-21(4-8-23)26-25-27(30)37(22-5-9-24(39-2)10-6-22)33-28(25)32-29(31-26)36-15-13-34(14-16-36)11-12-35-17-19-40-20-18-35/h3-10H,11-20,30H2,1-2H3. The molecule has 4 aromatic rings. The van der Waals surface area contributed by atoms with Gasteiger partial charge in [-0.3, -0.25) is 9.80 Å². The molecule has 0 bridgehead atoms. The molecule has 2 aliphatic heterocycles. The Kier molecular flexibility index (Phi) is 7.67. The highest BCUT2D eigenvalue weighted by Gasteiger charge is 2.24. The summed E-state index contributed by atoms with van der Waals surface area (Å²) >= 11 is 0. The highest BCUT2D eigenvalue weighted by molar-refractivity contribution is 5.99. The van der Waals surface area contributed by atoms with E-state index in [4.69, 9.17) is 35.0 Å². The van der Waals surface area contributed by atoms with Crippen LogP contribution < -0.4 is 20.1 Å². The zero-order valence-corrected chi connectivity index (χ0v) is 23.1. The molecule has 2 aliphatic rings. The maximum Gasteiger partial charge on any atom is 0.228 e. The SMILES string of the molecule is COc1ccc(-c2nc(N3CCN(CCN4CCOCC4)CC3)nc3nn(-c4ccc(OC)cc4)c(N)c23)cc1. The van der Waals surface area contributed by atoms with Crippen molar-refractivity contribution in [1.29, 1.82) is 0 Å². The largest absolute Gasteiger partial charge is 0.497 e. The lowest BCUT2D eigenvalue weighted by atomic mass is 10.1. The lowest BCUT2D eigenvalue weighted by Crippen LogP contribution is -2.49. The Morgan fingerprint density at radius 3 is 2.00 bits per heavy atom. The first kappa shape index (κ1) is 26.3. The maximum atomic E-state index is 6.71. The van der Waals surface area contributed by atoms with Gasteiger partial charge in [-0.15, -0.1) is 5.10 Å². The molecular weight excluding hydrogens is 508 g/mol. The number of benzene rings is 2. The van der Waals surface area contributed by atoms with Gasteiger partial charge in [0.1, 0.15) is 17.3 Å². The van der Waals surface area contributed by atoms with Crippen molar-refractivity contribution in [1.82, 2.24) is 29.5 Å². The van der Waals surface area contributed by atoms with E-state index in [9.17, 15) is 0 Å². The van der Waals surface area contributed by atoms with Crippen LogP contribution in [0.3, 0.4) is 0 Å². The number of morpholine rings is 1. The average Bonchev–Trinajstić information content (AvgIpc) is 3.36. The summed E-state index contributed by atoms with van der Waals surface area (Å²) in [5.74, 6) is 2.71. The fraction of sp³-hybridized carbons (Fsp3) is 0.414. The van der Waals surface area contributed by atoms with Gasteiger partial charge >= 0.3 is 0 Å². The van der Waals surface area contributed by atoms with Gasteiger partial charge in [0.05, 0.1) is 44.2 Å². The third kappa shape index (κ3) is 5.40. The van der Waals surface area contributed by atoms with E-state index in [0.29, 0.717) is 17.4 Å². The Morgan fingerprint density at radius 2 is 1.38 bits per heavy atom. The number of nitrogens with two attached hydrogens (primary N) is 1. The molecule has 2 saturated heterocycles. The number of piperazine rings is 1. The Hall–Kier alpha value is -3.93. The van der Waals surface area contributed by atoms with Crippen molar-refractivity contribution in [2.24, 2.45) is 0 Å². The molecule has 0 atom stereocenters. The van der Waals surface area contributed by atoms with Crippen LogP contribution in [0.4, 0.5) is 11.8 Å². The van der Waals surface area contributed by atoms with Crippen molar-refractivity contribution in [3.8, 4) is 28.4 Å². The highest BCUT2D eigenvalue weighted by Crippen LogP contribution is 2.34. The molecule has 6 rings (SSSR count). The van der Waals surface area contributed by atoms with Crippen molar-refractivity contribution in [3.05, 3.63) is 48.5 Å². The number of fused-ring (bicyclic) bond motifs is 1. The predicted molar refractivity (Wildman–Crippen MR) is 156 cm³/mol. The molecule has 0 unspecified atom stereocenters. The molecule has 0 aliphatic carbocycles. The van der Waals surface area contributed by atoms with Gasteiger partial charge in [0, 0.05) is 57.9 Å². The molecule has 0 saturated carbocycles. The lowest BCUT2D eigenvalue weighted by Gasteiger charge is -2.36. The van der Waals surface area contributed by atoms with Crippen LogP contribution in [0.25, 0.3) is 28.0 Å². The predicted octanol–water partition coefficient (Wildman–Crippen LogP) is 2.54. The van der Waals surface area contributed by atoms with Crippen LogP contribution in [-0.2, 0) is 4.74 Å². The summed E-state index contributed by atoms with van der Waals surface area (Å²) in [6.07, 6.45) is 0. The van der Waals surface area contributed by atoms with E-state index < -0.39 is 0 Å². The number of hydrogen-bond donors (Lipinski definition) is 1. The van der Waals surface area contributed by atoms with Crippen LogP contribution in [0, 0.1) is 0 Å². The molecule has 4 heterocycles. The van der Waals surface area contributed by atoms with E-state index in [1.807, 2.05) is 48.5 Å². The second-order valence-electron chi connectivity index (χ2n) is 10.1. The number of rotatable bonds is 8. The number of hydrogen-bond acceptors (Lipinski definition) is 10. The molecule has 2 N–H and O–H groups in total. The molecule has 2 fully saturated rings. The van der Waals surface area contributed by atoms with Gasteiger partial charge in [-0.05, 0) is 48.5 Å². The van der Waals surface area contributed by atoms with Crippen molar-refractivity contribution < 1.29 is 14.2 Å². The fourth-order valence-corrected chi connectivity index (χ4v) is 5.30. The smallest absolute Gasteiger partial charge is 0.228 e. The fourth-order valence-electron chi connectivity index (χ4n) is 5.30. The number of methoxy groups -OCH3 is 2. The molecule has 0 radical (unpaired) electrons. The lowest BCUT2D eigenvalue weighted by molar-refractivity contribution is 0.0331. The Labute approximate surface area is 234 Å².